The third-order valence-corrected chi connectivity index (χ3v) is 8.82. The Morgan fingerprint density at radius 3 is 2.42 bits per heavy atom. The molecule has 0 atom stereocenters. The Balaban J connectivity index is 2.49. The van der Waals surface area contributed by atoms with Crippen molar-refractivity contribution < 1.29 is 0 Å². The van der Waals surface area contributed by atoms with Crippen LogP contribution in [0.3, 0.4) is 0 Å². The maximum atomic E-state index is 3.92. The quantitative estimate of drug-likeness (QED) is 0.451. The average molecular weight is 182 g/mol. The van der Waals surface area contributed by atoms with Crippen LogP contribution in [0.15, 0.2) is 12.7 Å². The Labute approximate surface area is 78.1 Å². The van der Waals surface area contributed by atoms with Gasteiger partial charge in [-0.15, -0.1) is 6.58 Å². The molecule has 0 aliphatic carbocycles. The van der Waals surface area contributed by atoms with Crippen LogP contribution in [0.25, 0.3) is 0 Å². The predicted molar refractivity (Wildman–Crippen MR) is 59.3 cm³/mol. The summed E-state index contributed by atoms with van der Waals surface area (Å²) in [5, 5.41) is 0. The van der Waals surface area contributed by atoms with E-state index in [0.29, 0.717) is 0 Å². The van der Waals surface area contributed by atoms with Crippen LogP contribution in [-0.2, 0) is 0 Å². The van der Waals surface area contributed by atoms with Gasteiger partial charge in [0, 0.05) is 0 Å². The minimum atomic E-state index is -0.801. The van der Waals surface area contributed by atoms with Crippen molar-refractivity contribution in [2.75, 3.05) is 0 Å². The lowest BCUT2D eigenvalue weighted by Crippen LogP contribution is -2.35. The van der Waals surface area contributed by atoms with Crippen LogP contribution in [0.2, 0.25) is 24.2 Å². The van der Waals surface area contributed by atoms with Crippen LogP contribution < -0.4 is 0 Å². The van der Waals surface area contributed by atoms with E-state index in [-0.39, 0.29) is 0 Å². The van der Waals surface area contributed by atoms with Crippen LogP contribution in [0.4, 0.5) is 0 Å². The smallest absolute Gasteiger partial charge is 0.0573 e. The SMILES string of the molecule is C=CC[Si]1(CCC)CCCCC1. The molecule has 1 saturated heterocycles. The van der Waals surface area contributed by atoms with Gasteiger partial charge in [-0.2, -0.15) is 0 Å². The first-order chi connectivity index (χ1) is 5.83. The molecular weight excluding hydrogens is 160 g/mol. The molecule has 0 aromatic heterocycles. The lowest BCUT2D eigenvalue weighted by molar-refractivity contribution is 0.700. The summed E-state index contributed by atoms with van der Waals surface area (Å²) in [6.07, 6.45) is 8.11. The van der Waals surface area contributed by atoms with Gasteiger partial charge >= 0.3 is 0 Å². The second-order valence-corrected chi connectivity index (χ2v) is 9.21. The summed E-state index contributed by atoms with van der Waals surface area (Å²) in [4.78, 5) is 0. The van der Waals surface area contributed by atoms with Crippen molar-refractivity contribution >= 4 is 8.07 Å². The standard InChI is InChI=1S/C11H22Si/c1-3-8-12(9-4-2)10-6-5-7-11-12/h3H,1,4-11H2,2H3. The number of hydrogen-bond donors (Lipinski definition) is 0. The third kappa shape index (κ3) is 2.48. The van der Waals surface area contributed by atoms with Gasteiger partial charge < -0.3 is 0 Å². The zero-order valence-electron chi connectivity index (χ0n) is 8.44. The van der Waals surface area contributed by atoms with E-state index in [0.717, 1.165) is 0 Å². The van der Waals surface area contributed by atoms with Gasteiger partial charge in [-0.1, -0.05) is 56.8 Å². The zero-order valence-corrected chi connectivity index (χ0v) is 9.44. The van der Waals surface area contributed by atoms with Crippen LogP contribution in [0, 0.1) is 0 Å². The van der Waals surface area contributed by atoms with E-state index < -0.39 is 8.07 Å². The van der Waals surface area contributed by atoms with Crippen LogP contribution in [0.1, 0.15) is 32.6 Å². The van der Waals surface area contributed by atoms with Crippen LogP contribution in [-0.4, -0.2) is 8.07 Å². The zero-order chi connectivity index (χ0) is 8.86. The predicted octanol–water partition coefficient (Wildman–Crippen LogP) is 4.22. The van der Waals surface area contributed by atoms with Gasteiger partial charge in [0.25, 0.3) is 0 Å². The summed E-state index contributed by atoms with van der Waals surface area (Å²) < 4.78 is 0. The van der Waals surface area contributed by atoms with Gasteiger partial charge in [0.1, 0.15) is 0 Å². The normalized spacial score (nSPS) is 22.1. The first-order valence-electron chi connectivity index (χ1n) is 5.44. The van der Waals surface area contributed by atoms with Crippen molar-refractivity contribution in [2.45, 2.75) is 56.8 Å². The molecule has 1 aliphatic heterocycles. The summed E-state index contributed by atoms with van der Waals surface area (Å²) in [5.74, 6) is 0. The molecule has 0 spiro atoms. The molecule has 0 radical (unpaired) electrons. The molecule has 0 aromatic rings. The second-order valence-electron chi connectivity index (χ2n) is 4.30. The molecule has 1 heteroatoms. The van der Waals surface area contributed by atoms with Crippen molar-refractivity contribution in [1.82, 2.24) is 0 Å². The van der Waals surface area contributed by atoms with Gasteiger partial charge in [0.15, 0.2) is 0 Å². The van der Waals surface area contributed by atoms with Crippen molar-refractivity contribution in [1.29, 1.82) is 0 Å². The fraction of sp³-hybridized carbons (Fsp3) is 0.818. The molecule has 1 heterocycles. The Morgan fingerprint density at radius 2 is 1.92 bits per heavy atom. The summed E-state index contributed by atoms with van der Waals surface area (Å²) in [7, 11) is -0.801. The van der Waals surface area contributed by atoms with Gasteiger partial charge in [0.05, 0.1) is 8.07 Å². The van der Waals surface area contributed by atoms with Crippen molar-refractivity contribution in [3.8, 4) is 0 Å². The molecule has 0 aromatic carbocycles. The van der Waals surface area contributed by atoms with Crippen molar-refractivity contribution in [3.63, 3.8) is 0 Å². The first-order valence-corrected chi connectivity index (χ1v) is 8.27. The summed E-state index contributed by atoms with van der Waals surface area (Å²) in [5.41, 5.74) is 0. The minimum Gasteiger partial charge on any atom is -0.103 e. The molecular formula is C11H22Si. The molecule has 0 amide bonds. The van der Waals surface area contributed by atoms with Crippen LogP contribution in [0.5, 0.6) is 0 Å². The lowest BCUT2D eigenvalue weighted by Gasteiger charge is -2.34. The third-order valence-electron chi connectivity index (χ3n) is 3.27. The van der Waals surface area contributed by atoms with E-state index in [1.807, 2.05) is 0 Å². The number of hydrogen-bond acceptors (Lipinski definition) is 0. The molecule has 1 aliphatic rings. The number of allylic oxidation sites excluding steroid dienone is 1. The highest BCUT2D eigenvalue weighted by molar-refractivity contribution is 6.80. The Morgan fingerprint density at radius 1 is 1.25 bits per heavy atom. The maximum Gasteiger partial charge on any atom is 0.0573 e. The fourth-order valence-electron chi connectivity index (χ4n) is 2.69. The maximum absolute atomic E-state index is 3.92. The molecule has 0 bridgehead atoms. The highest BCUT2D eigenvalue weighted by Gasteiger charge is 2.31. The van der Waals surface area contributed by atoms with Gasteiger partial charge in [-0.3, -0.25) is 0 Å². The molecule has 0 nitrogen and oxygen atoms in total. The highest BCUT2D eigenvalue weighted by atomic mass is 28.3. The van der Waals surface area contributed by atoms with E-state index in [9.17, 15) is 0 Å². The molecule has 1 fully saturated rings. The van der Waals surface area contributed by atoms with E-state index in [2.05, 4.69) is 19.6 Å². The fourth-order valence-corrected chi connectivity index (χ4v) is 7.73. The van der Waals surface area contributed by atoms with Gasteiger partial charge in [0.2, 0.25) is 0 Å². The molecule has 0 N–H and O–H groups in total. The Kier molecular flexibility index (Phi) is 4.06. The first kappa shape index (κ1) is 10.0. The van der Waals surface area contributed by atoms with Gasteiger partial charge in [-0.05, 0) is 6.04 Å². The summed E-state index contributed by atoms with van der Waals surface area (Å²) in [6.45, 7) is 6.26. The lowest BCUT2D eigenvalue weighted by atomic mass is 10.3. The van der Waals surface area contributed by atoms with Gasteiger partial charge in [-0.25, -0.2) is 0 Å². The van der Waals surface area contributed by atoms with Crippen molar-refractivity contribution in [3.05, 3.63) is 12.7 Å². The topological polar surface area (TPSA) is 0 Å². The van der Waals surface area contributed by atoms with Crippen molar-refractivity contribution in [2.24, 2.45) is 0 Å². The summed E-state index contributed by atoms with van der Waals surface area (Å²) >= 11 is 0. The Hall–Kier alpha value is -0.0431. The van der Waals surface area contributed by atoms with E-state index >= 15 is 0 Å². The van der Waals surface area contributed by atoms with E-state index in [1.54, 1.807) is 18.1 Å². The molecule has 0 saturated carbocycles. The molecule has 1 rings (SSSR count). The Bertz CT molecular complexity index is 128. The monoisotopic (exact) mass is 182 g/mol. The van der Waals surface area contributed by atoms with E-state index in [1.165, 1.54) is 31.7 Å². The largest absolute Gasteiger partial charge is 0.103 e. The minimum absolute atomic E-state index is 0.801. The molecule has 70 valence electrons. The number of rotatable bonds is 4. The summed E-state index contributed by atoms with van der Waals surface area (Å²) in [6, 6.07) is 6.12. The highest BCUT2D eigenvalue weighted by Crippen LogP contribution is 2.35. The molecule has 0 unspecified atom stereocenters. The molecule has 12 heavy (non-hydrogen) atoms. The van der Waals surface area contributed by atoms with E-state index in [4.69, 9.17) is 0 Å². The average Bonchev–Trinajstić information content (AvgIpc) is 2.07. The second kappa shape index (κ2) is 4.86. The van der Waals surface area contributed by atoms with Crippen LogP contribution >= 0.6 is 0 Å².